The average molecular weight is 508 g/mol. The molecule has 2 amide bonds. The summed E-state index contributed by atoms with van der Waals surface area (Å²) >= 11 is 0. The Morgan fingerprint density at radius 3 is 2.38 bits per heavy atom. The fourth-order valence-corrected chi connectivity index (χ4v) is 5.31. The van der Waals surface area contributed by atoms with Crippen LogP contribution in [0.4, 0.5) is 28.1 Å². The minimum Gasteiger partial charge on any atom is -0.444 e. The Labute approximate surface area is 218 Å². The minimum absolute atomic E-state index is 0.107. The first-order valence-corrected chi connectivity index (χ1v) is 13.2. The fraction of sp³-hybridized carbons (Fsp3) is 0.593. The summed E-state index contributed by atoms with van der Waals surface area (Å²) in [5.74, 6) is 1.89. The largest absolute Gasteiger partial charge is 0.444 e. The molecule has 2 aromatic rings. The molecule has 0 bridgehead atoms. The van der Waals surface area contributed by atoms with Gasteiger partial charge in [0, 0.05) is 44.0 Å². The van der Waals surface area contributed by atoms with Crippen LogP contribution in [0.1, 0.15) is 65.9 Å². The van der Waals surface area contributed by atoms with Crippen LogP contribution in [0.25, 0.3) is 0 Å². The van der Waals surface area contributed by atoms with Crippen molar-refractivity contribution in [3.05, 3.63) is 30.1 Å². The molecule has 10 heteroatoms. The molecule has 0 spiro atoms. The van der Waals surface area contributed by atoms with Gasteiger partial charge in [0.05, 0.1) is 17.3 Å². The highest BCUT2D eigenvalue weighted by molar-refractivity contribution is 6.07. The van der Waals surface area contributed by atoms with Gasteiger partial charge in [0.15, 0.2) is 0 Å². The van der Waals surface area contributed by atoms with Crippen molar-refractivity contribution in [2.45, 2.75) is 77.4 Å². The topological polar surface area (TPSA) is 104 Å². The summed E-state index contributed by atoms with van der Waals surface area (Å²) in [4.78, 5) is 45.3. The van der Waals surface area contributed by atoms with Gasteiger partial charge in [-0.25, -0.2) is 14.8 Å². The van der Waals surface area contributed by atoms with E-state index in [1.807, 2.05) is 57.8 Å². The van der Waals surface area contributed by atoms with E-state index in [4.69, 9.17) is 9.72 Å². The van der Waals surface area contributed by atoms with Crippen molar-refractivity contribution in [3.8, 4) is 0 Å². The van der Waals surface area contributed by atoms with Gasteiger partial charge in [-0.1, -0.05) is 12.8 Å². The number of piperazine rings is 1. The van der Waals surface area contributed by atoms with Crippen LogP contribution in [0.3, 0.4) is 0 Å². The lowest BCUT2D eigenvalue weighted by Crippen LogP contribution is -2.50. The van der Waals surface area contributed by atoms with E-state index in [2.05, 4.69) is 20.2 Å². The number of fused-ring (bicyclic) bond motifs is 1. The van der Waals surface area contributed by atoms with Gasteiger partial charge in [0.2, 0.25) is 11.9 Å². The molecule has 198 valence electrons. The second kappa shape index (κ2) is 9.46. The third-order valence-corrected chi connectivity index (χ3v) is 7.40. The summed E-state index contributed by atoms with van der Waals surface area (Å²) < 4.78 is 5.49. The van der Waals surface area contributed by atoms with Crippen LogP contribution >= 0.6 is 0 Å². The first kappa shape index (κ1) is 25.2. The molecule has 4 heterocycles. The zero-order valence-electron chi connectivity index (χ0n) is 22.5. The number of anilines is 4. The molecule has 0 radical (unpaired) electrons. The van der Waals surface area contributed by atoms with Gasteiger partial charge in [-0.05, 0) is 59.6 Å². The number of hydrogen-bond acceptors (Lipinski definition) is 8. The van der Waals surface area contributed by atoms with E-state index in [0.29, 0.717) is 37.9 Å². The SMILES string of the molecule is CC(C)(C)OC(=O)N1CCN(c2ccc(Nc3ncc4c(n3)N(C3CCCC3)C(=O)C4(C)C)nc2)CC1. The molecule has 1 N–H and O–H groups in total. The van der Waals surface area contributed by atoms with Crippen LogP contribution in [0.15, 0.2) is 24.5 Å². The Bertz CT molecular complexity index is 1160. The van der Waals surface area contributed by atoms with E-state index in [1.54, 1.807) is 11.1 Å². The first-order chi connectivity index (χ1) is 17.5. The molecule has 2 fully saturated rings. The van der Waals surface area contributed by atoms with E-state index >= 15 is 0 Å². The van der Waals surface area contributed by atoms with Gasteiger partial charge in [-0.2, -0.15) is 4.98 Å². The molecule has 0 unspecified atom stereocenters. The molecule has 5 rings (SSSR count). The van der Waals surface area contributed by atoms with E-state index in [9.17, 15) is 9.59 Å². The molecule has 2 aromatic heterocycles. The first-order valence-electron chi connectivity index (χ1n) is 13.2. The van der Waals surface area contributed by atoms with Gasteiger partial charge in [0.25, 0.3) is 0 Å². The molecule has 10 nitrogen and oxygen atoms in total. The second-order valence-electron chi connectivity index (χ2n) is 11.7. The van der Waals surface area contributed by atoms with Crippen LogP contribution in [0.5, 0.6) is 0 Å². The number of carbonyl (C=O) groups excluding carboxylic acids is 2. The summed E-state index contributed by atoms with van der Waals surface area (Å²) in [7, 11) is 0. The summed E-state index contributed by atoms with van der Waals surface area (Å²) in [6.45, 7) is 12.2. The summed E-state index contributed by atoms with van der Waals surface area (Å²) in [6.07, 6.45) is 7.65. The Hall–Kier alpha value is -3.43. The van der Waals surface area contributed by atoms with Crippen LogP contribution in [0, 0.1) is 0 Å². The van der Waals surface area contributed by atoms with E-state index in [1.165, 1.54) is 0 Å². The Morgan fingerprint density at radius 1 is 1.05 bits per heavy atom. The number of pyridine rings is 1. The molecule has 37 heavy (non-hydrogen) atoms. The lowest BCUT2D eigenvalue weighted by molar-refractivity contribution is -0.122. The maximum Gasteiger partial charge on any atom is 0.410 e. The number of carbonyl (C=O) groups is 2. The Kier molecular flexibility index (Phi) is 6.45. The predicted molar refractivity (Wildman–Crippen MR) is 142 cm³/mol. The molecule has 1 aliphatic carbocycles. The summed E-state index contributed by atoms with van der Waals surface area (Å²) in [6, 6.07) is 4.11. The normalized spacial score (nSPS) is 19.8. The molecule has 1 saturated carbocycles. The van der Waals surface area contributed by atoms with Crippen molar-refractivity contribution in [1.82, 2.24) is 19.9 Å². The monoisotopic (exact) mass is 507 g/mol. The maximum absolute atomic E-state index is 13.2. The standard InChI is InChI=1S/C27H37N7O3/c1-26(2,3)37-25(36)33-14-12-32(13-15-33)19-10-11-21(28-16-19)30-24-29-17-20-22(31-24)34(18-8-6-7-9-18)23(35)27(20,4)5/h10-11,16-18H,6-9,12-15H2,1-5H3,(H,28,29,30,31). The number of ether oxygens (including phenoxy) is 1. The number of rotatable bonds is 4. The fourth-order valence-electron chi connectivity index (χ4n) is 5.31. The van der Waals surface area contributed by atoms with Crippen LogP contribution in [-0.2, 0) is 14.9 Å². The summed E-state index contributed by atoms with van der Waals surface area (Å²) in [5.41, 5.74) is 0.751. The van der Waals surface area contributed by atoms with Gasteiger partial charge in [-0.15, -0.1) is 0 Å². The van der Waals surface area contributed by atoms with Crippen LogP contribution in [-0.4, -0.2) is 69.7 Å². The van der Waals surface area contributed by atoms with E-state index in [-0.39, 0.29) is 18.0 Å². The van der Waals surface area contributed by atoms with Crippen molar-refractivity contribution < 1.29 is 14.3 Å². The van der Waals surface area contributed by atoms with E-state index < -0.39 is 11.0 Å². The number of amides is 2. The number of nitrogens with one attached hydrogen (secondary N) is 1. The highest BCUT2D eigenvalue weighted by Crippen LogP contribution is 2.43. The van der Waals surface area contributed by atoms with Gasteiger partial charge >= 0.3 is 6.09 Å². The maximum atomic E-state index is 13.2. The van der Waals surface area contributed by atoms with Crippen molar-refractivity contribution in [2.24, 2.45) is 0 Å². The predicted octanol–water partition coefficient (Wildman–Crippen LogP) is 4.24. The zero-order chi connectivity index (χ0) is 26.4. The Balaban J connectivity index is 1.24. The van der Waals surface area contributed by atoms with Crippen LogP contribution in [0.2, 0.25) is 0 Å². The lowest BCUT2D eigenvalue weighted by atomic mass is 9.88. The molecular weight excluding hydrogens is 470 g/mol. The number of nitrogens with zero attached hydrogens (tertiary/aromatic N) is 6. The molecular formula is C27H37N7O3. The third-order valence-electron chi connectivity index (χ3n) is 7.40. The summed E-state index contributed by atoms with van der Waals surface area (Å²) in [5, 5.41) is 3.20. The van der Waals surface area contributed by atoms with Crippen LogP contribution < -0.4 is 15.1 Å². The minimum atomic E-state index is -0.621. The molecule has 0 atom stereocenters. The number of hydrogen-bond donors (Lipinski definition) is 1. The number of aromatic nitrogens is 3. The molecule has 3 aliphatic rings. The molecule has 2 aliphatic heterocycles. The van der Waals surface area contributed by atoms with Gasteiger partial charge in [0.1, 0.15) is 17.2 Å². The lowest BCUT2D eigenvalue weighted by Gasteiger charge is -2.36. The van der Waals surface area contributed by atoms with Crippen molar-refractivity contribution >= 4 is 35.3 Å². The second-order valence-corrected chi connectivity index (χ2v) is 11.7. The Morgan fingerprint density at radius 2 is 1.76 bits per heavy atom. The van der Waals surface area contributed by atoms with Crippen molar-refractivity contribution in [2.75, 3.05) is 41.3 Å². The molecule has 1 saturated heterocycles. The third kappa shape index (κ3) is 5.06. The van der Waals surface area contributed by atoms with E-state index in [0.717, 1.165) is 42.8 Å². The average Bonchev–Trinajstić information content (AvgIpc) is 3.44. The smallest absolute Gasteiger partial charge is 0.410 e. The quantitative estimate of drug-likeness (QED) is 0.655. The van der Waals surface area contributed by atoms with Gasteiger partial charge in [-0.3, -0.25) is 9.69 Å². The highest BCUT2D eigenvalue weighted by atomic mass is 16.6. The molecule has 0 aromatic carbocycles. The van der Waals surface area contributed by atoms with Gasteiger partial charge < -0.3 is 19.9 Å². The van der Waals surface area contributed by atoms with Crippen molar-refractivity contribution in [1.29, 1.82) is 0 Å². The highest BCUT2D eigenvalue weighted by Gasteiger charge is 2.48. The van der Waals surface area contributed by atoms with Crippen molar-refractivity contribution in [3.63, 3.8) is 0 Å². The zero-order valence-corrected chi connectivity index (χ0v) is 22.5.